The molecule has 0 unspecified atom stereocenters. The molecule has 0 radical (unpaired) electrons. The average Bonchev–Trinajstić information content (AvgIpc) is 3.29. The zero-order chi connectivity index (χ0) is 21.8. The summed E-state index contributed by atoms with van der Waals surface area (Å²) in [6.45, 7) is 3.25. The SMILES string of the molecule is COc1ccccc1NC(=O)c1cnc([C@H]2CCN(C(=O)C3CCCCC3)C2)nc1C. The van der Waals surface area contributed by atoms with Gasteiger partial charge in [0.05, 0.1) is 24.1 Å². The van der Waals surface area contributed by atoms with Gasteiger partial charge in [0.1, 0.15) is 11.6 Å². The number of carbonyl (C=O) groups excluding carboxylic acids is 2. The number of benzene rings is 1. The fraction of sp³-hybridized carbons (Fsp3) is 0.500. The van der Waals surface area contributed by atoms with E-state index in [1.165, 1.54) is 6.42 Å². The second kappa shape index (κ2) is 9.45. The molecule has 2 fully saturated rings. The molecule has 0 bridgehead atoms. The molecule has 1 saturated heterocycles. The predicted octanol–water partition coefficient (Wildman–Crippen LogP) is 3.94. The number of para-hydroxylation sites is 2. The third-order valence-corrected chi connectivity index (χ3v) is 6.42. The number of amides is 2. The Labute approximate surface area is 183 Å². The number of aryl methyl sites for hydroxylation is 1. The number of likely N-dealkylation sites (tertiary alicyclic amines) is 1. The normalized spacial score (nSPS) is 19.3. The first-order valence-corrected chi connectivity index (χ1v) is 11.1. The van der Waals surface area contributed by atoms with Gasteiger partial charge in [-0.3, -0.25) is 9.59 Å². The number of hydrogen-bond acceptors (Lipinski definition) is 5. The van der Waals surface area contributed by atoms with E-state index in [4.69, 9.17) is 4.74 Å². The molecule has 7 nitrogen and oxygen atoms in total. The van der Waals surface area contributed by atoms with E-state index in [1.807, 2.05) is 24.0 Å². The van der Waals surface area contributed by atoms with Gasteiger partial charge in [-0.25, -0.2) is 9.97 Å². The molecule has 2 aromatic rings. The summed E-state index contributed by atoms with van der Waals surface area (Å²) in [5.74, 6) is 1.65. The third-order valence-electron chi connectivity index (χ3n) is 6.42. The standard InChI is InChI=1S/C24H30N4O3/c1-16-19(23(29)27-20-10-6-7-11-21(20)31-2)14-25-22(26-16)18-12-13-28(15-18)24(30)17-8-4-3-5-9-17/h6-7,10-11,14,17-18H,3-5,8-9,12-13,15H2,1-2H3,(H,27,29)/t18-/m0/s1. The first-order valence-electron chi connectivity index (χ1n) is 11.1. The van der Waals surface area contributed by atoms with Crippen LogP contribution >= 0.6 is 0 Å². The topological polar surface area (TPSA) is 84.4 Å². The third kappa shape index (κ3) is 4.70. The summed E-state index contributed by atoms with van der Waals surface area (Å²) in [6.07, 6.45) is 8.06. The largest absolute Gasteiger partial charge is 0.495 e. The Morgan fingerprint density at radius 3 is 2.65 bits per heavy atom. The lowest BCUT2D eigenvalue weighted by atomic mass is 9.88. The minimum atomic E-state index is -0.269. The number of carbonyl (C=O) groups is 2. The number of aromatic nitrogens is 2. The molecule has 1 N–H and O–H groups in total. The fourth-order valence-electron chi connectivity index (χ4n) is 4.62. The van der Waals surface area contributed by atoms with Crippen LogP contribution in [0.2, 0.25) is 0 Å². The summed E-state index contributed by atoms with van der Waals surface area (Å²) in [5, 5.41) is 2.87. The van der Waals surface area contributed by atoms with E-state index < -0.39 is 0 Å². The summed E-state index contributed by atoms with van der Waals surface area (Å²) < 4.78 is 5.29. The van der Waals surface area contributed by atoms with Crippen LogP contribution in [0.4, 0.5) is 5.69 Å². The van der Waals surface area contributed by atoms with Crippen molar-refractivity contribution in [1.82, 2.24) is 14.9 Å². The predicted molar refractivity (Wildman–Crippen MR) is 118 cm³/mol. The molecule has 164 valence electrons. The van der Waals surface area contributed by atoms with Crippen molar-refractivity contribution in [2.24, 2.45) is 5.92 Å². The molecule has 1 saturated carbocycles. The van der Waals surface area contributed by atoms with Gasteiger partial charge in [0.2, 0.25) is 5.91 Å². The monoisotopic (exact) mass is 422 g/mol. The summed E-state index contributed by atoms with van der Waals surface area (Å²) in [4.78, 5) is 36.7. The number of anilines is 1. The van der Waals surface area contributed by atoms with Crippen molar-refractivity contribution in [2.75, 3.05) is 25.5 Å². The highest BCUT2D eigenvalue weighted by Gasteiger charge is 2.33. The summed E-state index contributed by atoms with van der Waals surface area (Å²) in [7, 11) is 1.57. The van der Waals surface area contributed by atoms with Crippen LogP contribution in [0.1, 0.15) is 66.3 Å². The van der Waals surface area contributed by atoms with Crippen molar-refractivity contribution in [2.45, 2.75) is 51.4 Å². The second-order valence-electron chi connectivity index (χ2n) is 8.49. The molecular formula is C24H30N4O3. The van der Waals surface area contributed by atoms with Crippen molar-refractivity contribution in [1.29, 1.82) is 0 Å². The molecule has 1 aromatic heterocycles. The van der Waals surface area contributed by atoms with Gasteiger partial charge in [0.25, 0.3) is 5.91 Å². The maximum absolute atomic E-state index is 12.8. The first-order chi connectivity index (χ1) is 15.1. The zero-order valence-electron chi connectivity index (χ0n) is 18.3. The van der Waals surface area contributed by atoms with Gasteiger partial charge >= 0.3 is 0 Å². The van der Waals surface area contributed by atoms with E-state index in [9.17, 15) is 9.59 Å². The van der Waals surface area contributed by atoms with Crippen LogP contribution in [-0.2, 0) is 4.79 Å². The molecule has 4 rings (SSSR count). The first kappa shape index (κ1) is 21.3. The zero-order valence-corrected chi connectivity index (χ0v) is 18.3. The van der Waals surface area contributed by atoms with E-state index in [2.05, 4.69) is 15.3 Å². The minimum absolute atomic E-state index is 0.123. The highest BCUT2D eigenvalue weighted by Crippen LogP contribution is 2.31. The molecular weight excluding hydrogens is 392 g/mol. The maximum Gasteiger partial charge on any atom is 0.259 e. The van der Waals surface area contributed by atoms with E-state index >= 15 is 0 Å². The van der Waals surface area contributed by atoms with Crippen molar-refractivity contribution >= 4 is 17.5 Å². The van der Waals surface area contributed by atoms with Crippen molar-refractivity contribution < 1.29 is 14.3 Å². The molecule has 1 aromatic carbocycles. The van der Waals surface area contributed by atoms with Gasteiger partial charge in [-0.1, -0.05) is 31.4 Å². The molecule has 2 amide bonds. The highest BCUT2D eigenvalue weighted by atomic mass is 16.5. The number of nitrogens with one attached hydrogen (secondary N) is 1. The van der Waals surface area contributed by atoms with Gasteiger partial charge in [0.15, 0.2) is 0 Å². The molecule has 31 heavy (non-hydrogen) atoms. The molecule has 1 aliphatic heterocycles. The van der Waals surface area contributed by atoms with E-state index in [1.54, 1.807) is 25.4 Å². The molecule has 7 heteroatoms. The van der Waals surface area contributed by atoms with Crippen molar-refractivity contribution in [3.8, 4) is 5.75 Å². The van der Waals surface area contributed by atoms with Crippen LogP contribution in [-0.4, -0.2) is 46.9 Å². The second-order valence-corrected chi connectivity index (χ2v) is 8.49. The summed E-state index contributed by atoms with van der Waals surface area (Å²) >= 11 is 0. The summed E-state index contributed by atoms with van der Waals surface area (Å²) in [5.41, 5.74) is 1.67. The van der Waals surface area contributed by atoms with E-state index in [0.717, 1.165) is 38.6 Å². The Morgan fingerprint density at radius 2 is 1.90 bits per heavy atom. The van der Waals surface area contributed by atoms with Crippen LogP contribution in [0.5, 0.6) is 5.75 Å². The Kier molecular flexibility index (Phi) is 6.49. The van der Waals surface area contributed by atoms with Crippen LogP contribution < -0.4 is 10.1 Å². The molecule has 1 atom stereocenters. The van der Waals surface area contributed by atoms with Crippen molar-refractivity contribution in [3.05, 3.63) is 47.5 Å². The number of hydrogen-bond donors (Lipinski definition) is 1. The minimum Gasteiger partial charge on any atom is -0.495 e. The van der Waals surface area contributed by atoms with E-state index in [-0.39, 0.29) is 17.7 Å². The van der Waals surface area contributed by atoms with Gasteiger partial charge in [-0.2, -0.15) is 0 Å². The lowest BCUT2D eigenvalue weighted by Gasteiger charge is -2.26. The average molecular weight is 423 g/mol. The molecule has 2 aliphatic rings. The van der Waals surface area contributed by atoms with Gasteiger partial charge in [-0.05, 0) is 38.3 Å². The number of ether oxygens (including phenoxy) is 1. The number of rotatable bonds is 5. The number of nitrogens with zero attached hydrogens (tertiary/aromatic N) is 3. The highest BCUT2D eigenvalue weighted by molar-refractivity contribution is 6.05. The Hall–Kier alpha value is -2.96. The van der Waals surface area contributed by atoms with Gasteiger partial charge in [-0.15, -0.1) is 0 Å². The Morgan fingerprint density at radius 1 is 1.13 bits per heavy atom. The molecule has 2 heterocycles. The Balaban J connectivity index is 1.41. The van der Waals surface area contributed by atoms with Gasteiger partial charge < -0.3 is 15.0 Å². The molecule has 1 aliphatic carbocycles. The Bertz CT molecular complexity index is 956. The quantitative estimate of drug-likeness (QED) is 0.789. The lowest BCUT2D eigenvalue weighted by molar-refractivity contribution is -0.135. The lowest BCUT2D eigenvalue weighted by Crippen LogP contribution is -2.35. The van der Waals surface area contributed by atoms with Crippen LogP contribution in [0, 0.1) is 12.8 Å². The van der Waals surface area contributed by atoms with Crippen LogP contribution in [0.15, 0.2) is 30.5 Å². The van der Waals surface area contributed by atoms with E-state index in [0.29, 0.717) is 41.0 Å². The van der Waals surface area contributed by atoms with Crippen molar-refractivity contribution in [3.63, 3.8) is 0 Å². The van der Waals surface area contributed by atoms with Crippen LogP contribution in [0.3, 0.4) is 0 Å². The van der Waals surface area contributed by atoms with Crippen LogP contribution in [0.25, 0.3) is 0 Å². The summed E-state index contributed by atoms with van der Waals surface area (Å²) in [6, 6.07) is 7.27. The fourth-order valence-corrected chi connectivity index (χ4v) is 4.62. The van der Waals surface area contributed by atoms with Gasteiger partial charge in [0, 0.05) is 31.1 Å². The smallest absolute Gasteiger partial charge is 0.259 e. The maximum atomic E-state index is 12.8. The number of methoxy groups -OCH3 is 1. The molecule has 0 spiro atoms.